The van der Waals surface area contributed by atoms with Crippen LogP contribution in [-0.4, -0.2) is 32.3 Å². The molecule has 1 aliphatic heterocycles. The zero-order valence-corrected chi connectivity index (χ0v) is 11.6. The molecule has 2 N–H and O–H groups in total. The van der Waals surface area contributed by atoms with Gasteiger partial charge in [-0.25, -0.2) is 4.39 Å². The lowest BCUT2D eigenvalue weighted by atomic mass is 10.0. The molecule has 0 radical (unpaired) electrons. The number of hydrogen-bond acceptors (Lipinski definition) is 3. The lowest BCUT2D eigenvalue weighted by molar-refractivity contribution is 0.0526. The number of anilines is 1. The van der Waals surface area contributed by atoms with Crippen molar-refractivity contribution in [2.75, 3.05) is 31.1 Å². The highest BCUT2D eigenvalue weighted by Crippen LogP contribution is 2.26. The predicted molar refractivity (Wildman–Crippen MR) is 76.0 cm³/mol. The number of benzene rings is 1. The SMILES string of the molecule is CCOC1CCCN(c2ccc(F)cc2CCN)C1. The van der Waals surface area contributed by atoms with E-state index in [2.05, 4.69) is 4.90 Å². The van der Waals surface area contributed by atoms with Gasteiger partial charge in [-0.2, -0.15) is 0 Å². The van der Waals surface area contributed by atoms with Crippen molar-refractivity contribution in [3.8, 4) is 0 Å². The molecule has 0 bridgehead atoms. The van der Waals surface area contributed by atoms with Gasteiger partial charge in [-0.1, -0.05) is 0 Å². The number of halogens is 1. The molecule has 1 aromatic rings. The van der Waals surface area contributed by atoms with E-state index in [0.29, 0.717) is 13.0 Å². The summed E-state index contributed by atoms with van der Waals surface area (Å²) < 4.78 is 19.1. The van der Waals surface area contributed by atoms with E-state index in [1.807, 2.05) is 13.0 Å². The monoisotopic (exact) mass is 266 g/mol. The molecule has 1 saturated heterocycles. The Morgan fingerprint density at radius 1 is 1.47 bits per heavy atom. The fraction of sp³-hybridized carbons (Fsp3) is 0.600. The molecule has 2 rings (SSSR count). The van der Waals surface area contributed by atoms with E-state index < -0.39 is 0 Å². The maximum absolute atomic E-state index is 13.4. The van der Waals surface area contributed by atoms with Gasteiger partial charge in [-0.3, -0.25) is 0 Å². The maximum Gasteiger partial charge on any atom is 0.123 e. The van der Waals surface area contributed by atoms with Crippen molar-refractivity contribution in [3.63, 3.8) is 0 Å². The van der Waals surface area contributed by atoms with Crippen LogP contribution >= 0.6 is 0 Å². The number of nitrogens with zero attached hydrogens (tertiary/aromatic N) is 1. The lowest BCUT2D eigenvalue weighted by Gasteiger charge is -2.35. The molecule has 4 heteroatoms. The zero-order chi connectivity index (χ0) is 13.7. The molecule has 106 valence electrons. The molecule has 0 aromatic heterocycles. The second-order valence-electron chi connectivity index (χ2n) is 4.98. The van der Waals surface area contributed by atoms with E-state index in [1.54, 1.807) is 6.07 Å². The van der Waals surface area contributed by atoms with Crippen molar-refractivity contribution in [3.05, 3.63) is 29.6 Å². The fourth-order valence-corrected chi connectivity index (χ4v) is 2.75. The van der Waals surface area contributed by atoms with Crippen molar-refractivity contribution in [2.45, 2.75) is 32.3 Å². The molecule has 1 unspecified atom stereocenters. The summed E-state index contributed by atoms with van der Waals surface area (Å²) in [5, 5.41) is 0. The fourth-order valence-electron chi connectivity index (χ4n) is 2.75. The van der Waals surface area contributed by atoms with Gasteiger partial charge >= 0.3 is 0 Å². The van der Waals surface area contributed by atoms with Gasteiger partial charge in [-0.05, 0) is 56.5 Å². The highest BCUT2D eigenvalue weighted by molar-refractivity contribution is 5.54. The first kappa shape index (κ1) is 14.3. The Balaban J connectivity index is 2.15. The summed E-state index contributed by atoms with van der Waals surface area (Å²) >= 11 is 0. The number of nitrogens with two attached hydrogens (primary N) is 1. The van der Waals surface area contributed by atoms with Crippen LogP contribution < -0.4 is 10.6 Å². The van der Waals surface area contributed by atoms with E-state index in [0.717, 1.165) is 43.8 Å². The summed E-state index contributed by atoms with van der Waals surface area (Å²) in [5.41, 5.74) is 7.73. The third kappa shape index (κ3) is 3.67. The molecule has 1 heterocycles. The molecule has 19 heavy (non-hydrogen) atoms. The van der Waals surface area contributed by atoms with Crippen LogP contribution in [-0.2, 0) is 11.2 Å². The minimum atomic E-state index is -0.189. The van der Waals surface area contributed by atoms with E-state index in [4.69, 9.17) is 10.5 Å². The van der Waals surface area contributed by atoms with Crippen molar-refractivity contribution < 1.29 is 9.13 Å². The van der Waals surface area contributed by atoms with Crippen molar-refractivity contribution in [2.24, 2.45) is 5.73 Å². The smallest absolute Gasteiger partial charge is 0.123 e. The highest BCUT2D eigenvalue weighted by atomic mass is 19.1. The second kappa shape index (κ2) is 6.87. The molecule has 1 atom stereocenters. The van der Waals surface area contributed by atoms with Crippen molar-refractivity contribution in [1.29, 1.82) is 0 Å². The van der Waals surface area contributed by atoms with Crippen LogP contribution in [0.2, 0.25) is 0 Å². The summed E-state index contributed by atoms with van der Waals surface area (Å²) in [6.07, 6.45) is 3.22. The Bertz CT molecular complexity index is 409. The van der Waals surface area contributed by atoms with Crippen LogP contribution in [0.25, 0.3) is 0 Å². The van der Waals surface area contributed by atoms with Crippen molar-refractivity contribution in [1.82, 2.24) is 0 Å². The van der Waals surface area contributed by atoms with E-state index in [1.165, 1.54) is 6.07 Å². The average Bonchev–Trinajstić information content (AvgIpc) is 2.40. The molecular formula is C15H23FN2O. The standard InChI is InChI=1S/C15H23FN2O/c1-2-19-14-4-3-9-18(11-14)15-6-5-13(16)10-12(15)7-8-17/h5-6,10,14H,2-4,7-9,11,17H2,1H3. The summed E-state index contributed by atoms with van der Waals surface area (Å²) in [6.45, 7) is 5.21. The van der Waals surface area contributed by atoms with Crippen LogP contribution in [0.5, 0.6) is 0 Å². The Labute approximate surface area is 114 Å². The first-order chi connectivity index (χ1) is 9.24. The molecule has 3 nitrogen and oxygen atoms in total. The first-order valence-corrected chi connectivity index (χ1v) is 7.09. The van der Waals surface area contributed by atoms with E-state index in [9.17, 15) is 4.39 Å². The Kier molecular flexibility index (Phi) is 5.16. The van der Waals surface area contributed by atoms with Gasteiger partial charge in [0, 0.05) is 25.4 Å². The quantitative estimate of drug-likeness (QED) is 0.889. The first-order valence-electron chi connectivity index (χ1n) is 7.09. The summed E-state index contributed by atoms with van der Waals surface area (Å²) in [6, 6.07) is 5.00. The van der Waals surface area contributed by atoms with Crippen LogP contribution in [0.3, 0.4) is 0 Å². The van der Waals surface area contributed by atoms with Crippen LogP contribution in [0.1, 0.15) is 25.3 Å². The third-order valence-corrected chi connectivity index (χ3v) is 3.58. The normalized spacial score (nSPS) is 19.7. The largest absolute Gasteiger partial charge is 0.377 e. The molecule has 0 aliphatic carbocycles. The third-order valence-electron chi connectivity index (χ3n) is 3.58. The number of hydrogen-bond donors (Lipinski definition) is 1. The van der Waals surface area contributed by atoms with Gasteiger partial charge in [0.15, 0.2) is 0 Å². The molecule has 1 aliphatic rings. The number of ether oxygens (including phenoxy) is 1. The zero-order valence-electron chi connectivity index (χ0n) is 11.6. The Hall–Kier alpha value is -1.13. The second-order valence-corrected chi connectivity index (χ2v) is 4.98. The van der Waals surface area contributed by atoms with E-state index >= 15 is 0 Å². The maximum atomic E-state index is 13.4. The predicted octanol–water partition coefficient (Wildman–Crippen LogP) is 2.33. The molecule has 0 amide bonds. The van der Waals surface area contributed by atoms with Gasteiger partial charge < -0.3 is 15.4 Å². The van der Waals surface area contributed by atoms with Gasteiger partial charge in [0.05, 0.1) is 6.10 Å². The molecule has 1 fully saturated rings. The lowest BCUT2D eigenvalue weighted by Crippen LogP contribution is -2.40. The molecule has 0 spiro atoms. The summed E-state index contributed by atoms with van der Waals surface area (Å²) in [5.74, 6) is -0.189. The van der Waals surface area contributed by atoms with Crippen LogP contribution in [0.15, 0.2) is 18.2 Å². The minimum absolute atomic E-state index is 0.189. The molecular weight excluding hydrogens is 243 g/mol. The Morgan fingerprint density at radius 3 is 3.05 bits per heavy atom. The topological polar surface area (TPSA) is 38.5 Å². The van der Waals surface area contributed by atoms with Crippen molar-refractivity contribution >= 4 is 5.69 Å². The Morgan fingerprint density at radius 2 is 2.32 bits per heavy atom. The average molecular weight is 266 g/mol. The van der Waals surface area contributed by atoms with Gasteiger partial charge in [0.1, 0.15) is 5.82 Å². The minimum Gasteiger partial charge on any atom is -0.377 e. The van der Waals surface area contributed by atoms with E-state index in [-0.39, 0.29) is 11.9 Å². The van der Waals surface area contributed by atoms with Crippen LogP contribution in [0, 0.1) is 5.82 Å². The van der Waals surface area contributed by atoms with Gasteiger partial charge in [0.25, 0.3) is 0 Å². The molecule has 1 aromatic carbocycles. The number of rotatable bonds is 5. The molecule has 0 saturated carbocycles. The van der Waals surface area contributed by atoms with Gasteiger partial charge in [-0.15, -0.1) is 0 Å². The summed E-state index contributed by atoms with van der Waals surface area (Å²) in [4.78, 5) is 2.30. The highest BCUT2D eigenvalue weighted by Gasteiger charge is 2.21. The summed E-state index contributed by atoms with van der Waals surface area (Å²) in [7, 11) is 0. The number of piperidine rings is 1. The van der Waals surface area contributed by atoms with Gasteiger partial charge in [0.2, 0.25) is 0 Å². The van der Waals surface area contributed by atoms with Crippen LogP contribution in [0.4, 0.5) is 10.1 Å².